The van der Waals surface area contributed by atoms with E-state index in [1.54, 1.807) is 12.0 Å². The van der Waals surface area contributed by atoms with Crippen molar-refractivity contribution in [2.75, 3.05) is 26.9 Å². The zero-order valence-corrected chi connectivity index (χ0v) is 11.2. The van der Waals surface area contributed by atoms with E-state index in [1.807, 2.05) is 18.2 Å². The summed E-state index contributed by atoms with van der Waals surface area (Å²) in [6.07, 6.45) is 0. The zero-order valence-electron chi connectivity index (χ0n) is 9.61. The maximum absolute atomic E-state index is 11.6. The Bertz CT molecular complexity index is 422. The maximum Gasteiger partial charge on any atom is 0.248 e. The maximum atomic E-state index is 11.6. The van der Waals surface area contributed by atoms with E-state index in [-0.39, 0.29) is 12.5 Å². The number of morpholine rings is 1. The van der Waals surface area contributed by atoms with Gasteiger partial charge in [0.15, 0.2) is 0 Å². The standard InChI is InChI=1S/C12H14BrNO3/c1-16-11-3-2-9(6-10(11)13)7-14-4-5-17-8-12(14)15/h2-3,6H,4-5,7-8H2,1H3. The Balaban J connectivity index is 2.07. The zero-order chi connectivity index (χ0) is 12.3. The summed E-state index contributed by atoms with van der Waals surface area (Å²) in [6, 6.07) is 5.83. The van der Waals surface area contributed by atoms with Gasteiger partial charge in [-0.2, -0.15) is 0 Å². The largest absolute Gasteiger partial charge is 0.496 e. The van der Waals surface area contributed by atoms with Gasteiger partial charge < -0.3 is 14.4 Å². The van der Waals surface area contributed by atoms with Crippen molar-refractivity contribution in [3.63, 3.8) is 0 Å². The van der Waals surface area contributed by atoms with Crippen LogP contribution in [-0.2, 0) is 16.1 Å². The van der Waals surface area contributed by atoms with Crippen LogP contribution in [0.15, 0.2) is 22.7 Å². The highest BCUT2D eigenvalue weighted by molar-refractivity contribution is 9.10. The summed E-state index contributed by atoms with van der Waals surface area (Å²) in [7, 11) is 1.63. The number of carbonyl (C=O) groups is 1. The predicted molar refractivity (Wildman–Crippen MR) is 66.9 cm³/mol. The van der Waals surface area contributed by atoms with Gasteiger partial charge in [0.25, 0.3) is 0 Å². The first kappa shape index (κ1) is 12.4. The van der Waals surface area contributed by atoms with Crippen molar-refractivity contribution in [1.29, 1.82) is 0 Å². The Hall–Kier alpha value is -1.07. The molecular formula is C12H14BrNO3. The second kappa shape index (κ2) is 5.51. The molecule has 1 aromatic carbocycles. The quantitative estimate of drug-likeness (QED) is 0.854. The van der Waals surface area contributed by atoms with E-state index in [2.05, 4.69) is 15.9 Å². The van der Waals surface area contributed by atoms with E-state index in [9.17, 15) is 4.79 Å². The molecule has 0 aromatic heterocycles. The molecule has 1 heterocycles. The van der Waals surface area contributed by atoms with Gasteiger partial charge in [-0.25, -0.2) is 0 Å². The fraction of sp³-hybridized carbons (Fsp3) is 0.417. The number of halogens is 1. The molecule has 0 atom stereocenters. The summed E-state index contributed by atoms with van der Waals surface area (Å²) in [5.41, 5.74) is 1.08. The van der Waals surface area contributed by atoms with Gasteiger partial charge in [0.2, 0.25) is 5.91 Å². The minimum atomic E-state index is 0.0446. The minimum Gasteiger partial charge on any atom is -0.496 e. The highest BCUT2D eigenvalue weighted by Gasteiger charge is 2.18. The van der Waals surface area contributed by atoms with Crippen molar-refractivity contribution in [2.45, 2.75) is 6.54 Å². The lowest BCUT2D eigenvalue weighted by Crippen LogP contribution is -2.40. The molecule has 2 rings (SSSR count). The fourth-order valence-corrected chi connectivity index (χ4v) is 2.33. The predicted octanol–water partition coefficient (Wildman–Crippen LogP) is 1.82. The molecule has 17 heavy (non-hydrogen) atoms. The first-order chi connectivity index (χ1) is 8.20. The number of benzene rings is 1. The van der Waals surface area contributed by atoms with E-state index in [0.29, 0.717) is 19.7 Å². The van der Waals surface area contributed by atoms with Crippen LogP contribution in [0.5, 0.6) is 5.75 Å². The third-order valence-corrected chi connectivity index (χ3v) is 3.29. The van der Waals surface area contributed by atoms with Crippen LogP contribution in [0.4, 0.5) is 0 Å². The number of nitrogens with zero attached hydrogens (tertiary/aromatic N) is 1. The Morgan fingerprint density at radius 2 is 2.35 bits per heavy atom. The van der Waals surface area contributed by atoms with Crippen molar-refractivity contribution in [3.05, 3.63) is 28.2 Å². The lowest BCUT2D eigenvalue weighted by Gasteiger charge is -2.26. The van der Waals surface area contributed by atoms with Gasteiger partial charge in [-0.3, -0.25) is 4.79 Å². The topological polar surface area (TPSA) is 38.8 Å². The van der Waals surface area contributed by atoms with Crippen LogP contribution in [0.1, 0.15) is 5.56 Å². The van der Waals surface area contributed by atoms with Crippen molar-refractivity contribution in [2.24, 2.45) is 0 Å². The van der Waals surface area contributed by atoms with Gasteiger partial charge in [-0.15, -0.1) is 0 Å². The SMILES string of the molecule is COc1ccc(CN2CCOCC2=O)cc1Br. The molecule has 0 saturated carbocycles. The van der Waals surface area contributed by atoms with E-state index < -0.39 is 0 Å². The molecule has 92 valence electrons. The Labute approximate surface area is 109 Å². The first-order valence-electron chi connectivity index (χ1n) is 5.38. The van der Waals surface area contributed by atoms with Gasteiger partial charge in [0, 0.05) is 13.1 Å². The van der Waals surface area contributed by atoms with E-state index in [1.165, 1.54) is 0 Å². The molecular weight excluding hydrogens is 286 g/mol. The number of ether oxygens (including phenoxy) is 2. The van der Waals surface area contributed by atoms with Crippen LogP contribution in [0.25, 0.3) is 0 Å². The molecule has 4 nitrogen and oxygen atoms in total. The summed E-state index contributed by atoms with van der Waals surface area (Å²) < 4.78 is 11.2. The molecule has 1 fully saturated rings. The highest BCUT2D eigenvalue weighted by atomic mass is 79.9. The first-order valence-corrected chi connectivity index (χ1v) is 6.18. The highest BCUT2D eigenvalue weighted by Crippen LogP contribution is 2.26. The number of carbonyl (C=O) groups excluding carboxylic acids is 1. The van der Waals surface area contributed by atoms with E-state index in [4.69, 9.17) is 9.47 Å². The van der Waals surface area contributed by atoms with Gasteiger partial charge in [-0.1, -0.05) is 6.07 Å². The Morgan fingerprint density at radius 1 is 1.53 bits per heavy atom. The van der Waals surface area contributed by atoms with Crippen molar-refractivity contribution in [1.82, 2.24) is 4.90 Å². The van der Waals surface area contributed by atoms with Gasteiger partial charge in [0.05, 0.1) is 18.2 Å². The molecule has 0 spiro atoms. The van der Waals surface area contributed by atoms with Crippen molar-refractivity contribution >= 4 is 21.8 Å². The number of hydrogen-bond donors (Lipinski definition) is 0. The number of methoxy groups -OCH3 is 1. The molecule has 0 unspecified atom stereocenters. The smallest absolute Gasteiger partial charge is 0.248 e. The molecule has 1 aliphatic rings. The normalized spacial score (nSPS) is 16.1. The molecule has 5 heteroatoms. The third kappa shape index (κ3) is 2.98. The Kier molecular flexibility index (Phi) is 4.02. The average molecular weight is 300 g/mol. The summed E-state index contributed by atoms with van der Waals surface area (Å²) >= 11 is 3.43. The number of hydrogen-bond acceptors (Lipinski definition) is 3. The van der Waals surface area contributed by atoms with E-state index >= 15 is 0 Å². The van der Waals surface area contributed by atoms with Gasteiger partial charge in [0.1, 0.15) is 12.4 Å². The second-order valence-electron chi connectivity index (χ2n) is 3.84. The molecule has 1 aliphatic heterocycles. The molecule has 0 aliphatic carbocycles. The van der Waals surface area contributed by atoms with Crippen molar-refractivity contribution in [3.8, 4) is 5.75 Å². The van der Waals surface area contributed by atoms with Crippen molar-refractivity contribution < 1.29 is 14.3 Å². The monoisotopic (exact) mass is 299 g/mol. The summed E-state index contributed by atoms with van der Waals surface area (Å²) in [6.45, 7) is 2.08. The molecule has 0 radical (unpaired) electrons. The summed E-state index contributed by atoms with van der Waals surface area (Å²) in [5, 5.41) is 0. The fourth-order valence-electron chi connectivity index (χ4n) is 1.75. The van der Waals surface area contributed by atoms with Crippen LogP contribution in [0.2, 0.25) is 0 Å². The van der Waals surface area contributed by atoms with Crippen LogP contribution < -0.4 is 4.74 Å². The van der Waals surface area contributed by atoms with Gasteiger partial charge >= 0.3 is 0 Å². The molecule has 0 bridgehead atoms. The lowest BCUT2D eigenvalue weighted by atomic mass is 10.2. The third-order valence-electron chi connectivity index (χ3n) is 2.67. The molecule has 1 saturated heterocycles. The number of amides is 1. The Morgan fingerprint density at radius 3 is 3.00 bits per heavy atom. The molecule has 1 aromatic rings. The van der Waals surface area contributed by atoms with E-state index in [0.717, 1.165) is 15.8 Å². The summed E-state index contributed by atoms with van der Waals surface area (Å²) in [5.74, 6) is 0.838. The van der Waals surface area contributed by atoms with Gasteiger partial charge in [-0.05, 0) is 33.6 Å². The van der Waals surface area contributed by atoms with Crippen LogP contribution >= 0.6 is 15.9 Å². The second-order valence-corrected chi connectivity index (χ2v) is 4.69. The molecule has 0 N–H and O–H groups in total. The van der Waals surface area contributed by atoms with Crippen LogP contribution in [-0.4, -0.2) is 37.7 Å². The number of rotatable bonds is 3. The lowest BCUT2D eigenvalue weighted by molar-refractivity contribution is -0.143. The average Bonchev–Trinajstić information content (AvgIpc) is 2.32. The van der Waals surface area contributed by atoms with Crippen LogP contribution in [0, 0.1) is 0 Å². The molecule has 1 amide bonds. The minimum absolute atomic E-state index is 0.0446. The summed E-state index contributed by atoms with van der Waals surface area (Å²) in [4.78, 5) is 13.4. The van der Waals surface area contributed by atoms with Crippen LogP contribution in [0.3, 0.4) is 0 Å².